The van der Waals surface area contributed by atoms with Gasteiger partial charge in [0.15, 0.2) is 0 Å². The van der Waals surface area contributed by atoms with Crippen LogP contribution in [0.3, 0.4) is 0 Å². The second kappa shape index (κ2) is 3.61. The van der Waals surface area contributed by atoms with Crippen LogP contribution in [0.1, 0.15) is 31.9 Å². The lowest BCUT2D eigenvalue weighted by Crippen LogP contribution is -2.15. The summed E-state index contributed by atoms with van der Waals surface area (Å²) < 4.78 is 0.860. The van der Waals surface area contributed by atoms with Crippen molar-refractivity contribution < 1.29 is 5.11 Å². The van der Waals surface area contributed by atoms with Gasteiger partial charge in [0.25, 0.3) is 0 Å². The number of halogens is 1. The fourth-order valence-electron chi connectivity index (χ4n) is 1.40. The van der Waals surface area contributed by atoms with Crippen LogP contribution in [0.2, 0.25) is 0 Å². The first kappa shape index (κ1) is 11.6. The number of phenols is 1. The third-order valence-electron chi connectivity index (χ3n) is 2.35. The van der Waals surface area contributed by atoms with Crippen molar-refractivity contribution in [1.29, 1.82) is 0 Å². The van der Waals surface area contributed by atoms with Gasteiger partial charge in [-0.1, -0.05) is 20.8 Å². The Morgan fingerprint density at radius 1 is 1.36 bits per heavy atom. The molecule has 0 aromatic heterocycles. The van der Waals surface area contributed by atoms with Gasteiger partial charge < -0.3 is 10.8 Å². The molecule has 0 amide bonds. The molecule has 1 aromatic carbocycles. The van der Waals surface area contributed by atoms with Crippen LogP contribution >= 0.6 is 22.6 Å². The van der Waals surface area contributed by atoms with Gasteiger partial charge in [0.05, 0.1) is 3.57 Å². The summed E-state index contributed by atoms with van der Waals surface area (Å²) in [7, 11) is 0. The lowest BCUT2D eigenvalue weighted by Gasteiger charge is -2.23. The van der Waals surface area contributed by atoms with E-state index in [9.17, 15) is 5.11 Å². The Bertz CT molecular complexity index is 367. The molecule has 0 spiro atoms. The molecular weight excluding hydrogens is 289 g/mol. The number of rotatable bonds is 0. The van der Waals surface area contributed by atoms with Crippen molar-refractivity contribution in [2.45, 2.75) is 33.1 Å². The van der Waals surface area contributed by atoms with Gasteiger partial charge in [-0.25, -0.2) is 0 Å². The van der Waals surface area contributed by atoms with Crippen molar-refractivity contribution in [2.75, 3.05) is 5.73 Å². The fourth-order valence-corrected chi connectivity index (χ4v) is 2.12. The number of anilines is 1. The molecular formula is C11H16INO. The minimum absolute atomic E-state index is 0.0163. The summed E-state index contributed by atoms with van der Waals surface area (Å²) in [6.07, 6.45) is 0. The maximum atomic E-state index is 9.69. The molecule has 0 aliphatic carbocycles. The topological polar surface area (TPSA) is 46.2 Å². The van der Waals surface area contributed by atoms with E-state index in [2.05, 4.69) is 43.4 Å². The lowest BCUT2D eigenvalue weighted by atomic mass is 9.84. The van der Waals surface area contributed by atoms with Crippen LogP contribution in [-0.2, 0) is 5.41 Å². The van der Waals surface area contributed by atoms with Crippen LogP contribution in [0, 0.1) is 10.5 Å². The van der Waals surface area contributed by atoms with Crippen LogP contribution in [0.4, 0.5) is 5.69 Å². The van der Waals surface area contributed by atoms with Gasteiger partial charge in [-0.2, -0.15) is 0 Å². The van der Waals surface area contributed by atoms with Gasteiger partial charge >= 0.3 is 0 Å². The minimum Gasteiger partial charge on any atom is -0.506 e. The zero-order chi connectivity index (χ0) is 11.1. The van der Waals surface area contributed by atoms with Gasteiger partial charge in [-0.15, -0.1) is 0 Å². The summed E-state index contributed by atoms with van der Waals surface area (Å²) in [5.41, 5.74) is 8.57. The second-order valence-corrected chi connectivity index (χ2v) is 5.71. The van der Waals surface area contributed by atoms with E-state index in [4.69, 9.17) is 5.73 Å². The summed E-state index contributed by atoms with van der Waals surface area (Å²) >= 11 is 2.13. The molecule has 0 unspecified atom stereocenters. The summed E-state index contributed by atoms with van der Waals surface area (Å²) in [6, 6.07) is 1.96. The van der Waals surface area contributed by atoms with E-state index in [1.807, 2.05) is 13.0 Å². The van der Waals surface area contributed by atoms with Crippen LogP contribution in [0.15, 0.2) is 6.07 Å². The average Bonchev–Trinajstić information content (AvgIpc) is 2.06. The largest absolute Gasteiger partial charge is 0.506 e. The Kier molecular flexibility index (Phi) is 2.99. The van der Waals surface area contributed by atoms with Crippen molar-refractivity contribution in [1.82, 2.24) is 0 Å². The van der Waals surface area contributed by atoms with E-state index in [-0.39, 0.29) is 5.41 Å². The van der Waals surface area contributed by atoms with Gasteiger partial charge in [-0.3, -0.25) is 0 Å². The first-order chi connectivity index (χ1) is 6.25. The Morgan fingerprint density at radius 3 is 2.29 bits per heavy atom. The molecule has 0 aliphatic heterocycles. The van der Waals surface area contributed by atoms with Crippen LogP contribution in [0.25, 0.3) is 0 Å². The normalized spacial score (nSPS) is 11.8. The van der Waals surface area contributed by atoms with Crippen molar-refractivity contribution in [3.05, 3.63) is 20.8 Å². The third-order valence-corrected chi connectivity index (χ3v) is 3.18. The fraction of sp³-hybridized carbons (Fsp3) is 0.455. The average molecular weight is 305 g/mol. The Morgan fingerprint density at radius 2 is 1.86 bits per heavy atom. The van der Waals surface area contributed by atoms with Gasteiger partial charge in [0.1, 0.15) is 5.75 Å². The standard InChI is InChI=1S/C11H16INO/c1-6-9(13)7(11(2,3)4)5-8(12)10(6)14/h5,14H,13H2,1-4H3. The Balaban J connectivity index is 3.49. The highest BCUT2D eigenvalue weighted by atomic mass is 127. The molecule has 1 aromatic rings. The molecule has 2 nitrogen and oxygen atoms in total. The first-order valence-electron chi connectivity index (χ1n) is 4.53. The molecule has 0 saturated heterocycles. The zero-order valence-corrected chi connectivity index (χ0v) is 11.1. The molecule has 14 heavy (non-hydrogen) atoms. The summed E-state index contributed by atoms with van der Waals surface area (Å²) in [4.78, 5) is 0. The highest BCUT2D eigenvalue weighted by Crippen LogP contribution is 2.37. The number of nitrogens with two attached hydrogens (primary N) is 1. The van der Waals surface area contributed by atoms with E-state index in [1.54, 1.807) is 0 Å². The molecule has 0 saturated carbocycles. The lowest BCUT2D eigenvalue weighted by molar-refractivity contribution is 0.466. The molecule has 0 bridgehead atoms. The van der Waals surface area contributed by atoms with Gasteiger partial charge in [0.2, 0.25) is 0 Å². The van der Waals surface area contributed by atoms with E-state index >= 15 is 0 Å². The highest BCUT2D eigenvalue weighted by molar-refractivity contribution is 14.1. The van der Waals surface area contributed by atoms with E-state index < -0.39 is 0 Å². The highest BCUT2D eigenvalue weighted by Gasteiger charge is 2.20. The van der Waals surface area contributed by atoms with E-state index in [1.165, 1.54) is 0 Å². The Labute approximate surface area is 98.7 Å². The maximum absolute atomic E-state index is 9.69. The molecule has 3 heteroatoms. The van der Waals surface area contributed by atoms with Crippen LogP contribution in [-0.4, -0.2) is 5.11 Å². The van der Waals surface area contributed by atoms with Crippen molar-refractivity contribution in [3.63, 3.8) is 0 Å². The summed E-state index contributed by atoms with van der Waals surface area (Å²) in [6.45, 7) is 8.20. The number of aromatic hydroxyl groups is 1. The number of hydrogen-bond donors (Lipinski definition) is 2. The molecule has 0 heterocycles. The predicted octanol–water partition coefficient (Wildman–Crippen LogP) is 3.18. The molecule has 3 N–H and O–H groups in total. The summed E-state index contributed by atoms with van der Waals surface area (Å²) in [5, 5.41) is 9.69. The Hall–Kier alpha value is -0.450. The molecule has 0 aliphatic rings. The number of phenolic OH excluding ortho intramolecular Hbond substituents is 1. The first-order valence-corrected chi connectivity index (χ1v) is 5.61. The van der Waals surface area contributed by atoms with Crippen molar-refractivity contribution in [2.24, 2.45) is 0 Å². The molecule has 0 fully saturated rings. The van der Waals surface area contributed by atoms with Crippen molar-refractivity contribution in [3.8, 4) is 5.75 Å². The molecule has 78 valence electrons. The maximum Gasteiger partial charge on any atom is 0.133 e. The minimum atomic E-state index is 0.0163. The van der Waals surface area contributed by atoms with E-state index in [0.29, 0.717) is 11.4 Å². The number of hydrogen-bond acceptors (Lipinski definition) is 2. The summed E-state index contributed by atoms with van der Waals surface area (Å²) in [5.74, 6) is 0.302. The number of benzene rings is 1. The molecule has 1 rings (SSSR count). The SMILES string of the molecule is Cc1c(N)c(C(C)(C)C)cc(I)c1O. The molecule has 0 radical (unpaired) electrons. The quantitative estimate of drug-likeness (QED) is 0.571. The van der Waals surface area contributed by atoms with Gasteiger partial charge in [-0.05, 0) is 46.6 Å². The monoisotopic (exact) mass is 305 g/mol. The van der Waals surface area contributed by atoms with Crippen LogP contribution < -0.4 is 5.73 Å². The zero-order valence-electron chi connectivity index (χ0n) is 8.98. The third kappa shape index (κ3) is 1.97. The predicted molar refractivity (Wildman–Crippen MR) is 68.7 cm³/mol. The van der Waals surface area contributed by atoms with Crippen LogP contribution in [0.5, 0.6) is 5.75 Å². The molecule has 0 atom stereocenters. The second-order valence-electron chi connectivity index (χ2n) is 4.54. The smallest absolute Gasteiger partial charge is 0.133 e. The van der Waals surface area contributed by atoms with Crippen molar-refractivity contribution >= 4 is 28.3 Å². The number of nitrogen functional groups attached to an aromatic ring is 1. The van der Waals surface area contributed by atoms with E-state index in [0.717, 1.165) is 14.7 Å². The van der Waals surface area contributed by atoms with Gasteiger partial charge in [0, 0.05) is 11.3 Å².